The number of hydrogen-bond acceptors (Lipinski definition) is 5. The summed E-state index contributed by atoms with van der Waals surface area (Å²) in [6.07, 6.45) is 0.614. The second-order valence-corrected chi connectivity index (χ2v) is 2.83. The fourth-order valence-electron chi connectivity index (χ4n) is 0.827. The molecule has 7 nitrogen and oxygen atoms in total. The van der Waals surface area contributed by atoms with Crippen LogP contribution < -0.4 is 10.4 Å². The number of nitrogens with zero attached hydrogens (tertiary/aromatic N) is 2. The highest BCUT2D eigenvalue weighted by Gasteiger charge is 2.17. The van der Waals surface area contributed by atoms with E-state index in [1.54, 1.807) is 13.8 Å². The zero-order chi connectivity index (χ0) is 10.7. The molecule has 0 fully saturated rings. The Balaban J connectivity index is 3.16. The van der Waals surface area contributed by atoms with Crippen LogP contribution in [0.1, 0.15) is 13.8 Å². The summed E-state index contributed by atoms with van der Waals surface area (Å²) in [6.45, 7) is 3.39. The Kier molecular flexibility index (Phi) is 2.80. The summed E-state index contributed by atoms with van der Waals surface area (Å²) in [5, 5.41) is 10.5. The molecule has 1 aromatic rings. The second-order valence-electron chi connectivity index (χ2n) is 2.83. The van der Waals surface area contributed by atoms with E-state index in [0.717, 1.165) is 6.20 Å². The fraction of sp³-hybridized carbons (Fsp3) is 0.429. The minimum absolute atomic E-state index is 0.162. The molecule has 1 rings (SSSR count). The number of aromatic amines is 1. The van der Waals surface area contributed by atoms with Gasteiger partial charge in [-0.3, -0.25) is 15.1 Å². The first-order valence-corrected chi connectivity index (χ1v) is 3.91. The molecule has 0 bridgehead atoms. The van der Waals surface area contributed by atoms with Gasteiger partial charge < -0.3 is 4.74 Å². The molecule has 0 radical (unpaired) electrons. The van der Waals surface area contributed by atoms with Crippen molar-refractivity contribution in [2.75, 3.05) is 0 Å². The molecule has 0 aromatic carbocycles. The van der Waals surface area contributed by atoms with E-state index in [1.807, 2.05) is 0 Å². The van der Waals surface area contributed by atoms with Gasteiger partial charge in [0.2, 0.25) is 0 Å². The summed E-state index contributed by atoms with van der Waals surface area (Å²) in [5.41, 5.74) is -1.02. The topological polar surface area (TPSA) is 98.1 Å². The summed E-state index contributed by atoms with van der Waals surface area (Å²) < 4.78 is 5.05. The molecular formula is C7H9N3O4. The largest absolute Gasteiger partial charge is 0.471 e. The maximum atomic E-state index is 10.8. The highest BCUT2D eigenvalue weighted by molar-refractivity contribution is 5.37. The summed E-state index contributed by atoms with van der Waals surface area (Å²) >= 11 is 0. The molecule has 0 unspecified atom stereocenters. The molecule has 76 valence electrons. The zero-order valence-electron chi connectivity index (χ0n) is 7.68. The van der Waals surface area contributed by atoms with Crippen molar-refractivity contribution in [1.82, 2.24) is 9.97 Å². The maximum absolute atomic E-state index is 10.8. The van der Waals surface area contributed by atoms with E-state index in [9.17, 15) is 14.9 Å². The Bertz CT molecular complexity index is 398. The van der Waals surface area contributed by atoms with E-state index in [1.165, 1.54) is 0 Å². The van der Waals surface area contributed by atoms with Gasteiger partial charge in [-0.05, 0) is 13.8 Å². The van der Waals surface area contributed by atoms with E-state index in [4.69, 9.17) is 4.74 Å². The number of nitrogens with one attached hydrogen (secondary N) is 1. The zero-order valence-corrected chi connectivity index (χ0v) is 7.68. The van der Waals surface area contributed by atoms with Crippen LogP contribution in [0, 0.1) is 10.1 Å². The molecule has 1 aromatic heterocycles. The van der Waals surface area contributed by atoms with Crippen molar-refractivity contribution < 1.29 is 9.66 Å². The van der Waals surface area contributed by atoms with Crippen LogP contribution in [-0.2, 0) is 0 Å². The van der Waals surface area contributed by atoms with E-state index < -0.39 is 10.6 Å². The second kappa shape index (κ2) is 3.86. The Labute approximate surface area is 78.9 Å². The number of rotatable bonds is 3. The first kappa shape index (κ1) is 10.2. The number of aromatic nitrogens is 2. The molecule has 0 spiro atoms. The highest BCUT2D eigenvalue weighted by atomic mass is 16.6. The molecule has 0 atom stereocenters. The predicted molar refractivity (Wildman–Crippen MR) is 47.3 cm³/mol. The van der Waals surface area contributed by atoms with Gasteiger partial charge in [0.15, 0.2) is 0 Å². The van der Waals surface area contributed by atoms with Gasteiger partial charge in [-0.2, -0.15) is 4.98 Å². The molecule has 0 saturated carbocycles. The SMILES string of the molecule is CC(C)Oc1[nH]c(=O)ncc1[N+](=O)[O-]. The van der Waals surface area contributed by atoms with Crippen molar-refractivity contribution >= 4 is 5.69 Å². The predicted octanol–water partition coefficient (Wildman–Crippen LogP) is 0.465. The van der Waals surface area contributed by atoms with Crippen molar-refractivity contribution in [3.63, 3.8) is 0 Å². The van der Waals surface area contributed by atoms with Crippen molar-refractivity contribution in [3.8, 4) is 5.88 Å². The average Bonchev–Trinajstić information content (AvgIpc) is 2.01. The molecule has 7 heteroatoms. The van der Waals surface area contributed by atoms with E-state index >= 15 is 0 Å². The summed E-state index contributed by atoms with van der Waals surface area (Å²) in [6, 6.07) is 0. The Morgan fingerprint density at radius 3 is 2.79 bits per heavy atom. The summed E-state index contributed by atoms with van der Waals surface area (Å²) in [4.78, 5) is 26.0. The highest BCUT2D eigenvalue weighted by Crippen LogP contribution is 2.21. The molecule has 0 saturated heterocycles. The first-order valence-electron chi connectivity index (χ1n) is 3.91. The molecule has 0 aliphatic carbocycles. The van der Waals surface area contributed by atoms with Crippen LogP contribution in [0.2, 0.25) is 0 Å². The van der Waals surface area contributed by atoms with Gasteiger partial charge in [-0.25, -0.2) is 4.79 Å². The van der Waals surface area contributed by atoms with Gasteiger partial charge in [-0.15, -0.1) is 0 Å². The van der Waals surface area contributed by atoms with Gasteiger partial charge in [0.05, 0.1) is 11.0 Å². The normalized spacial score (nSPS) is 10.2. The molecule has 0 aliphatic rings. The smallest absolute Gasteiger partial charge is 0.348 e. The van der Waals surface area contributed by atoms with Crippen LogP contribution in [0.3, 0.4) is 0 Å². The van der Waals surface area contributed by atoms with Gasteiger partial charge in [0, 0.05) is 0 Å². The Morgan fingerprint density at radius 1 is 1.64 bits per heavy atom. The summed E-state index contributed by atoms with van der Waals surface area (Å²) in [7, 11) is 0. The number of H-pyrrole nitrogens is 1. The molecule has 1 N–H and O–H groups in total. The van der Waals surface area contributed by atoms with Gasteiger partial charge >= 0.3 is 11.4 Å². The third-order valence-electron chi connectivity index (χ3n) is 1.31. The molecule has 0 aliphatic heterocycles. The van der Waals surface area contributed by atoms with E-state index in [0.29, 0.717) is 0 Å². The minimum atomic E-state index is -0.675. The maximum Gasteiger partial charge on any atom is 0.348 e. The Hall–Kier alpha value is -1.92. The average molecular weight is 199 g/mol. The molecular weight excluding hydrogens is 190 g/mol. The quantitative estimate of drug-likeness (QED) is 0.563. The van der Waals surface area contributed by atoms with Crippen LogP contribution in [0.4, 0.5) is 5.69 Å². The molecule has 1 heterocycles. The first-order chi connectivity index (χ1) is 6.50. The van der Waals surface area contributed by atoms with Crippen LogP contribution >= 0.6 is 0 Å². The molecule has 0 amide bonds. The summed E-state index contributed by atoms with van der Waals surface area (Å²) in [5.74, 6) is -0.162. The van der Waals surface area contributed by atoms with Crippen molar-refractivity contribution in [1.29, 1.82) is 0 Å². The third kappa shape index (κ3) is 2.28. The van der Waals surface area contributed by atoms with Crippen molar-refractivity contribution in [3.05, 3.63) is 26.8 Å². The lowest BCUT2D eigenvalue weighted by Gasteiger charge is -2.07. The van der Waals surface area contributed by atoms with E-state index in [2.05, 4.69) is 9.97 Å². The number of hydrogen-bond donors (Lipinski definition) is 1. The van der Waals surface area contributed by atoms with Crippen LogP contribution in [0.25, 0.3) is 0 Å². The number of nitro groups is 1. The monoisotopic (exact) mass is 199 g/mol. The van der Waals surface area contributed by atoms with Gasteiger partial charge in [0.25, 0.3) is 5.88 Å². The van der Waals surface area contributed by atoms with Crippen molar-refractivity contribution in [2.24, 2.45) is 0 Å². The number of ether oxygens (including phenoxy) is 1. The third-order valence-corrected chi connectivity index (χ3v) is 1.31. The van der Waals surface area contributed by atoms with Crippen LogP contribution in [0.15, 0.2) is 11.0 Å². The van der Waals surface area contributed by atoms with E-state index in [-0.39, 0.29) is 17.7 Å². The minimum Gasteiger partial charge on any atom is -0.471 e. The molecule has 14 heavy (non-hydrogen) atoms. The lowest BCUT2D eigenvalue weighted by molar-refractivity contribution is -0.386. The van der Waals surface area contributed by atoms with Crippen LogP contribution in [-0.4, -0.2) is 21.0 Å². The Morgan fingerprint density at radius 2 is 2.29 bits per heavy atom. The lowest BCUT2D eigenvalue weighted by atomic mass is 10.4. The van der Waals surface area contributed by atoms with Gasteiger partial charge in [-0.1, -0.05) is 0 Å². The van der Waals surface area contributed by atoms with Crippen molar-refractivity contribution in [2.45, 2.75) is 20.0 Å². The fourth-order valence-corrected chi connectivity index (χ4v) is 0.827. The van der Waals surface area contributed by atoms with Crippen LogP contribution in [0.5, 0.6) is 5.88 Å². The van der Waals surface area contributed by atoms with Gasteiger partial charge in [0.1, 0.15) is 6.20 Å². The standard InChI is InChI=1S/C7H9N3O4/c1-4(2)14-6-5(10(12)13)3-8-7(11)9-6/h3-4H,1-2H3,(H,8,9,11). The lowest BCUT2D eigenvalue weighted by Crippen LogP contribution is -2.16.